The highest BCUT2D eigenvalue weighted by molar-refractivity contribution is 7.10. The number of aryl methyl sites for hydroxylation is 1. The maximum absolute atomic E-state index is 5.98. The summed E-state index contributed by atoms with van der Waals surface area (Å²) in [6.07, 6.45) is 0.0818. The molecule has 0 aliphatic rings. The monoisotopic (exact) mass is 185 g/mol. The van der Waals surface area contributed by atoms with Crippen LogP contribution >= 0.6 is 11.3 Å². The van der Waals surface area contributed by atoms with Crippen LogP contribution in [0.2, 0.25) is 0 Å². The highest BCUT2D eigenvalue weighted by atomic mass is 32.1. The molecule has 0 saturated heterocycles. The summed E-state index contributed by atoms with van der Waals surface area (Å²) in [6, 6.07) is 2.07. The van der Waals surface area contributed by atoms with Crippen LogP contribution in [0.5, 0.6) is 0 Å². The second kappa shape index (κ2) is 4.03. The average molecular weight is 185 g/mol. The number of rotatable bonds is 3. The Morgan fingerprint density at radius 3 is 2.67 bits per heavy atom. The highest BCUT2D eigenvalue weighted by Gasteiger charge is 2.16. The predicted molar refractivity (Wildman–Crippen MR) is 52.5 cm³/mol. The molecular formula is C9H15NOS. The molecule has 1 aromatic rings. The smallest absolute Gasteiger partial charge is 0.0736 e. The topological polar surface area (TPSA) is 35.2 Å². The summed E-state index contributed by atoms with van der Waals surface area (Å²) >= 11 is 1.73. The molecule has 1 rings (SSSR count). The van der Waals surface area contributed by atoms with Crippen molar-refractivity contribution in [3.8, 4) is 0 Å². The number of thiophene rings is 1. The lowest BCUT2D eigenvalue weighted by Gasteiger charge is -2.18. The van der Waals surface area contributed by atoms with Crippen LogP contribution in [0.1, 0.15) is 23.4 Å². The molecule has 1 aromatic heterocycles. The van der Waals surface area contributed by atoms with E-state index < -0.39 is 0 Å². The van der Waals surface area contributed by atoms with Gasteiger partial charge in [0, 0.05) is 12.0 Å². The lowest BCUT2D eigenvalue weighted by atomic mass is 10.1. The van der Waals surface area contributed by atoms with Crippen molar-refractivity contribution in [2.45, 2.75) is 26.0 Å². The van der Waals surface area contributed by atoms with Crippen molar-refractivity contribution in [2.75, 3.05) is 7.11 Å². The fourth-order valence-electron chi connectivity index (χ4n) is 1.14. The quantitative estimate of drug-likeness (QED) is 0.782. The third kappa shape index (κ3) is 1.86. The number of nitrogens with two attached hydrogens (primary N) is 1. The number of hydrogen-bond donors (Lipinski definition) is 1. The minimum absolute atomic E-state index is 0.00116. The van der Waals surface area contributed by atoms with Crippen LogP contribution < -0.4 is 5.73 Å². The van der Waals surface area contributed by atoms with E-state index >= 15 is 0 Å². The molecule has 3 heteroatoms. The Morgan fingerprint density at radius 1 is 1.58 bits per heavy atom. The Balaban J connectivity index is 2.77. The van der Waals surface area contributed by atoms with Crippen molar-refractivity contribution in [1.82, 2.24) is 0 Å². The van der Waals surface area contributed by atoms with Gasteiger partial charge in [-0.25, -0.2) is 0 Å². The molecule has 0 bridgehead atoms. The van der Waals surface area contributed by atoms with Crippen LogP contribution in [-0.4, -0.2) is 13.2 Å². The van der Waals surface area contributed by atoms with E-state index in [0.717, 1.165) is 0 Å². The zero-order valence-corrected chi connectivity index (χ0v) is 8.52. The number of methoxy groups -OCH3 is 1. The molecule has 68 valence electrons. The summed E-state index contributed by atoms with van der Waals surface area (Å²) in [4.78, 5) is 1.28. The van der Waals surface area contributed by atoms with E-state index in [1.165, 1.54) is 10.4 Å². The summed E-state index contributed by atoms with van der Waals surface area (Å²) < 4.78 is 5.17. The fraction of sp³-hybridized carbons (Fsp3) is 0.556. The van der Waals surface area contributed by atoms with Gasteiger partial charge in [0.1, 0.15) is 0 Å². The SMILES string of the molecule is COC(C)C(N)c1ccsc1C. The zero-order valence-electron chi connectivity index (χ0n) is 7.70. The van der Waals surface area contributed by atoms with Crippen molar-refractivity contribution in [3.05, 3.63) is 21.9 Å². The molecule has 0 radical (unpaired) electrons. The molecule has 0 amide bonds. The van der Waals surface area contributed by atoms with Crippen molar-refractivity contribution in [3.63, 3.8) is 0 Å². The Bertz CT molecular complexity index is 246. The van der Waals surface area contributed by atoms with Crippen molar-refractivity contribution in [2.24, 2.45) is 5.73 Å². The molecule has 2 atom stereocenters. The van der Waals surface area contributed by atoms with E-state index in [1.807, 2.05) is 6.92 Å². The first-order valence-corrected chi connectivity index (χ1v) is 4.87. The van der Waals surface area contributed by atoms with Crippen molar-refractivity contribution in [1.29, 1.82) is 0 Å². The van der Waals surface area contributed by atoms with Gasteiger partial charge in [-0.05, 0) is 30.9 Å². The van der Waals surface area contributed by atoms with Gasteiger partial charge in [-0.2, -0.15) is 0 Å². The van der Waals surface area contributed by atoms with E-state index in [1.54, 1.807) is 18.4 Å². The van der Waals surface area contributed by atoms with Crippen LogP contribution in [-0.2, 0) is 4.74 Å². The van der Waals surface area contributed by atoms with E-state index in [-0.39, 0.29) is 12.1 Å². The third-order valence-electron chi connectivity index (χ3n) is 2.14. The Morgan fingerprint density at radius 2 is 2.25 bits per heavy atom. The molecule has 1 heterocycles. The first-order valence-electron chi connectivity index (χ1n) is 3.99. The molecule has 0 aromatic carbocycles. The van der Waals surface area contributed by atoms with E-state index in [4.69, 9.17) is 10.5 Å². The molecule has 0 aliphatic carbocycles. The maximum atomic E-state index is 5.98. The van der Waals surface area contributed by atoms with Crippen LogP contribution in [0.4, 0.5) is 0 Å². The van der Waals surface area contributed by atoms with Crippen LogP contribution in [0, 0.1) is 6.92 Å². The molecule has 0 spiro atoms. The van der Waals surface area contributed by atoms with Gasteiger partial charge in [-0.1, -0.05) is 0 Å². The Labute approximate surface area is 77.3 Å². The van der Waals surface area contributed by atoms with Crippen molar-refractivity contribution < 1.29 is 4.74 Å². The van der Waals surface area contributed by atoms with Gasteiger partial charge in [-0.15, -0.1) is 11.3 Å². The van der Waals surface area contributed by atoms with Gasteiger partial charge < -0.3 is 10.5 Å². The van der Waals surface area contributed by atoms with Gasteiger partial charge in [0.15, 0.2) is 0 Å². The van der Waals surface area contributed by atoms with Crippen molar-refractivity contribution >= 4 is 11.3 Å². The Hall–Kier alpha value is -0.380. The fourth-order valence-corrected chi connectivity index (χ4v) is 1.90. The third-order valence-corrected chi connectivity index (χ3v) is 3.00. The second-order valence-electron chi connectivity index (χ2n) is 2.90. The lowest BCUT2D eigenvalue weighted by molar-refractivity contribution is 0.0956. The summed E-state index contributed by atoms with van der Waals surface area (Å²) in [6.45, 7) is 4.07. The summed E-state index contributed by atoms with van der Waals surface area (Å²) in [5, 5.41) is 2.06. The molecular weight excluding hydrogens is 170 g/mol. The average Bonchev–Trinajstić information content (AvgIpc) is 2.48. The molecule has 0 saturated carbocycles. The molecule has 0 aliphatic heterocycles. The van der Waals surface area contributed by atoms with Gasteiger partial charge in [0.05, 0.1) is 12.1 Å². The van der Waals surface area contributed by atoms with Gasteiger partial charge in [0.25, 0.3) is 0 Å². The molecule has 2 N–H and O–H groups in total. The van der Waals surface area contributed by atoms with E-state index in [0.29, 0.717) is 0 Å². The van der Waals surface area contributed by atoms with E-state index in [2.05, 4.69) is 18.4 Å². The molecule has 12 heavy (non-hydrogen) atoms. The first kappa shape index (κ1) is 9.71. The maximum Gasteiger partial charge on any atom is 0.0736 e. The number of ether oxygens (including phenoxy) is 1. The van der Waals surface area contributed by atoms with Crippen LogP contribution in [0.3, 0.4) is 0 Å². The first-order chi connectivity index (χ1) is 5.66. The standard InChI is InChI=1S/C9H15NOS/c1-6(11-3)9(10)8-4-5-12-7(8)2/h4-6,9H,10H2,1-3H3. The van der Waals surface area contributed by atoms with Gasteiger partial charge in [-0.3, -0.25) is 0 Å². The van der Waals surface area contributed by atoms with Crippen LogP contribution in [0.25, 0.3) is 0 Å². The molecule has 2 nitrogen and oxygen atoms in total. The summed E-state index contributed by atoms with van der Waals surface area (Å²) in [5.74, 6) is 0. The summed E-state index contributed by atoms with van der Waals surface area (Å²) in [7, 11) is 1.69. The Kier molecular flexibility index (Phi) is 3.26. The molecule has 2 unspecified atom stereocenters. The number of hydrogen-bond acceptors (Lipinski definition) is 3. The minimum atomic E-state index is 0.00116. The molecule has 0 fully saturated rings. The van der Waals surface area contributed by atoms with Gasteiger partial charge in [0.2, 0.25) is 0 Å². The largest absolute Gasteiger partial charge is 0.380 e. The lowest BCUT2D eigenvalue weighted by Crippen LogP contribution is -2.25. The second-order valence-corrected chi connectivity index (χ2v) is 4.02. The zero-order chi connectivity index (χ0) is 9.14. The normalized spacial score (nSPS) is 16.0. The highest BCUT2D eigenvalue weighted by Crippen LogP contribution is 2.23. The van der Waals surface area contributed by atoms with E-state index in [9.17, 15) is 0 Å². The van der Waals surface area contributed by atoms with Gasteiger partial charge >= 0.3 is 0 Å². The minimum Gasteiger partial charge on any atom is -0.380 e. The summed E-state index contributed by atoms with van der Waals surface area (Å²) in [5.41, 5.74) is 7.18. The van der Waals surface area contributed by atoms with Crippen LogP contribution in [0.15, 0.2) is 11.4 Å². The predicted octanol–water partition coefficient (Wildman–Crippen LogP) is 2.09.